The van der Waals surface area contributed by atoms with Crippen molar-refractivity contribution in [2.75, 3.05) is 12.5 Å². The van der Waals surface area contributed by atoms with Crippen LogP contribution in [0.15, 0.2) is 30.3 Å². The lowest BCUT2D eigenvalue weighted by Crippen LogP contribution is -2.06. The second-order valence-electron chi connectivity index (χ2n) is 5.73. The Balaban J connectivity index is 1.85. The van der Waals surface area contributed by atoms with Crippen LogP contribution >= 0.6 is 11.6 Å². The van der Waals surface area contributed by atoms with E-state index < -0.39 is 0 Å². The summed E-state index contributed by atoms with van der Waals surface area (Å²) in [5.74, 6) is 0.590. The standard InChI is InChI=1S/C19H29ClO2/c20-16-12-7-5-3-1-2-4-6-8-13-17-22-19(21)18-14-10-9-11-15-18/h9-11,14-15H,1-8,12-13,16-17H2. The minimum atomic E-state index is -0.211. The molecule has 0 aromatic heterocycles. The molecule has 0 atom stereocenters. The summed E-state index contributed by atoms with van der Waals surface area (Å²) < 4.78 is 5.26. The van der Waals surface area contributed by atoms with Gasteiger partial charge in [-0.25, -0.2) is 4.79 Å². The number of carbonyl (C=O) groups is 1. The van der Waals surface area contributed by atoms with Gasteiger partial charge in [0.15, 0.2) is 0 Å². The highest BCUT2D eigenvalue weighted by atomic mass is 35.5. The zero-order valence-corrected chi connectivity index (χ0v) is 14.3. The fourth-order valence-corrected chi connectivity index (χ4v) is 2.62. The molecule has 0 unspecified atom stereocenters. The molecular weight excluding hydrogens is 296 g/mol. The predicted octanol–water partition coefficient (Wildman–Crippen LogP) is 5.98. The fourth-order valence-electron chi connectivity index (χ4n) is 2.43. The van der Waals surface area contributed by atoms with Crippen molar-refractivity contribution in [3.05, 3.63) is 35.9 Å². The number of ether oxygens (including phenoxy) is 1. The molecule has 0 saturated carbocycles. The van der Waals surface area contributed by atoms with Crippen molar-refractivity contribution in [3.63, 3.8) is 0 Å². The number of esters is 1. The van der Waals surface area contributed by atoms with E-state index in [4.69, 9.17) is 16.3 Å². The second kappa shape index (κ2) is 13.6. The lowest BCUT2D eigenvalue weighted by molar-refractivity contribution is 0.0497. The van der Waals surface area contributed by atoms with Crippen LogP contribution in [0.2, 0.25) is 0 Å². The summed E-state index contributed by atoms with van der Waals surface area (Å²) in [5, 5.41) is 0. The van der Waals surface area contributed by atoms with E-state index in [-0.39, 0.29) is 5.97 Å². The smallest absolute Gasteiger partial charge is 0.338 e. The number of unbranched alkanes of at least 4 members (excludes halogenated alkanes) is 9. The first-order valence-corrected chi connectivity index (χ1v) is 9.16. The molecule has 3 heteroatoms. The normalized spacial score (nSPS) is 10.6. The summed E-state index contributed by atoms with van der Waals surface area (Å²) in [6.45, 7) is 0.534. The van der Waals surface area contributed by atoms with Gasteiger partial charge >= 0.3 is 5.97 Å². The van der Waals surface area contributed by atoms with Gasteiger partial charge in [0.05, 0.1) is 12.2 Å². The molecule has 1 aromatic rings. The third-order valence-electron chi connectivity index (χ3n) is 3.77. The van der Waals surface area contributed by atoms with Crippen molar-refractivity contribution in [3.8, 4) is 0 Å². The minimum Gasteiger partial charge on any atom is -0.462 e. The summed E-state index contributed by atoms with van der Waals surface area (Å²) in [7, 11) is 0. The molecule has 1 aromatic carbocycles. The first-order valence-electron chi connectivity index (χ1n) is 8.62. The lowest BCUT2D eigenvalue weighted by atomic mass is 10.1. The summed E-state index contributed by atoms with van der Waals surface area (Å²) >= 11 is 5.65. The monoisotopic (exact) mass is 324 g/mol. The van der Waals surface area contributed by atoms with Gasteiger partial charge in [-0.2, -0.15) is 0 Å². The van der Waals surface area contributed by atoms with Crippen LogP contribution in [0.4, 0.5) is 0 Å². The van der Waals surface area contributed by atoms with E-state index in [1.807, 2.05) is 18.2 Å². The van der Waals surface area contributed by atoms with Crippen LogP contribution in [0.1, 0.15) is 74.6 Å². The maximum Gasteiger partial charge on any atom is 0.338 e. The first kappa shape index (κ1) is 19.0. The molecule has 0 aliphatic rings. The molecule has 0 amide bonds. The van der Waals surface area contributed by atoms with Crippen LogP contribution in [-0.4, -0.2) is 18.5 Å². The Kier molecular flexibility index (Phi) is 11.8. The Labute approximate surface area is 140 Å². The van der Waals surface area contributed by atoms with Gasteiger partial charge in [0.2, 0.25) is 0 Å². The average molecular weight is 325 g/mol. The van der Waals surface area contributed by atoms with Gasteiger partial charge in [0.25, 0.3) is 0 Å². The maximum atomic E-state index is 11.7. The van der Waals surface area contributed by atoms with Crippen molar-refractivity contribution >= 4 is 17.6 Å². The Hall–Kier alpha value is -1.02. The van der Waals surface area contributed by atoms with E-state index >= 15 is 0 Å². The number of benzene rings is 1. The topological polar surface area (TPSA) is 26.3 Å². The van der Waals surface area contributed by atoms with Crippen molar-refractivity contribution in [1.29, 1.82) is 0 Å². The largest absolute Gasteiger partial charge is 0.462 e. The van der Waals surface area contributed by atoms with Crippen molar-refractivity contribution in [2.24, 2.45) is 0 Å². The van der Waals surface area contributed by atoms with Crippen LogP contribution in [-0.2, 0) is 4.74 Å². The molecule has 0 saturated heterocycles. The Bertz CT molecular complexity index is 378. The number of hydrogen-bond donors (Lipinski definition) is 0. The van der Waals surface area contributed by atoms with Gasteiger partial charge in [-0.1, -0.05) is 69.6 Å². The van der Waals surface area contributed by atoms with Gasteiger partial charge in [-0.05, 0) is 25.0 Å². The van der Waals surface area contributed by atoms with Crippen molar-refractivity contribution in [1.82, 2.24) is 0 Å². The van der Waals surface area contributed by atoms with Crippen LogP contribution in [0.5, 0.6) is 0 Å². The Morgan fingerprint density at radius 1 is 0.773 bits per heavy atom. The van der Waals surface area contributed by atoms with Crippen molar-refractivity contribution in [2.45, 2.75) is 64.2 Å². The van der Waals surface area contributed by atoms with Crippen molar-refractivity contribution < 1.29 is 9.53 Å². The van der Waals surface area contributed by atoms with E-state index in [2.05, 4.69) is 0 Å². The third-order valence-corrected chi connectivity index (χ3v) is 4.04. The van der Waals surface area contributed by atoms with Crippen LogP contribution in [0.25, 0.3) is 0 Å². The molecule has 2 nitrogen and oxygen atoms in total. The molecule has 0 bridgehead atoms. The molecule has 0 aliphatic carbocycles. The van der Waals surface area contributed by atoms with E-state index in [9.17, 15) is 4.79 Å². The zero-order chi connectivity index (χ0) is 15.9. The molecule has 0 spiro atoms. The molecular formula is C19H29ClO2. The Morgan fingerprint density at radius 3 is 1.82 bits per heavy atom. The van der Waals surface area contributed by atoms with Gasteiger partial charge in [0.1, 0.15) is 0 Å². The Morgan fingerprint density at radius 2 is 1.27 bits per heavy atom. The average Bonchev–Trinajstić information content (AvgIpc) is 2.56. The highest BCUT2D eigenvalue weighted by Crippen LogP contribution is 2.11. The number of alkyl halides is 1. The molecule has 22 heavy (non-hydrogen) atoms. The van der Waals surface area contributed by atoms with E-state index in [0.29, 0.717) is 12.2 Å². The number of carbonyl (C=O) groups excluding carboxylic acids is 1. The van der Waals surface area contributed by atoms with E-state index in [0.717, 1.165) is 25.1 Å². The number of rotatable bonds is 13. The number of halogens is 1. The fraction of sp³-hybridized carbons (Fsp3) is 0.632. The highest BCUT2D eigenvalue weighted by molar-refractivity contribution is 6.17. The van der Waals surface area contributed by atoms with Gasteiger partial charge < -0.3 is 4.74 Å². The highest BCUT2D eigenvalue weighted by Gasteiger charge is 2.04. The molecule has 0 N–H and O–H groups in total. The molecule has 0 radical (unpaired) electrons. The SMILES string of the molecule is O=C(OCCCCCCCCCCCCCl)c1ccccc1. The molecule has 124 valence electrons. The number of hydrogen-bond acceptors (Lipinski definition) is 2. The first-order chi connectivity index (χ1) is 10.8. The summed E-state index contributed by atoms with van der Waals surface area (Å²) in [6, 6.07) is 9.18. The lowest BCUT2D eigenvalue weighted by Gasteiger charge is -2.05. The summed E-state index contributed by atoms with van der Waals surface area (Å²) in [4.78, 5) is 11.7. The van der Waals surface area contributed by atoms with E-state index in [1.165, 1.54) is 44.9 Å². The van der Waals surface area contributed by atoms with Crippen LogP contribution in [0, 0.1) is 0 Å². The summed E-state index contributed by atoms with van der Waals surface area (Å²) in [5.41, 5.74) is 0.636. The van der Waals surface area contributed by atoms with Crippen LogP contribution < -0.4 is 0 Å². The van der Waals surface area contributed by atoms with Gasteiger partial charge in [0, 0.05) is 5.88 Å². The quantitative estimate of drug-likeness (QED) is 0.253. The molecule has 0 heterocycles. The molecule has 0 aliphatic heterocycles. The van der Waals surface area contributed by atoms with Gasteiger partial charge in [-0.3, -0.25) is 0 Å². The molecule has 0 fully saturated rings. The van der Waals surface area contributed by atoms with Crippen LogP contribution in [0.3, 0.4) is 0 Å². The maximum absolute atomic E-state index is 11.7. The minimum absolute atomic E-state index is 0.211. The van der Waals surface area contributed by atoms with Gasteiger partial charge in [-0.15, -0.1) is 11.6 Å². The third kappa shape index (κ3) is 9.83. The second-order valence-corrected chi connectivity index (χ2v) is 6.10. The van der Waals surface area contributed by atoms with E-state index in [1.54, 1.807) is 12.1 Å². The summed E-state index contributed by atoms with van der Waals surface area (Å²) in [6.07, 6.45) is 12.4. The molecule has 1 rings (SSSR count). The predicted molar refractivity (Wildman–Crippen MR) is 93.6 cm³/mol. The zero-order valence-electron chi connectivity index (χ0n) is 13.6.